The van der Waals surface area contributed by atoms with E-state index >= 15 is 0 Å². The summed E-state index contributed by atoms with van der Waals surface area (Å²) in [7, 11) is 0. The molecule has 20 heavy (non-hydrogen) atoms. The van der Waals surface area contributed by atoms with E-state index in [0.29, 0.717) is 0 Å². The van der Waals surface area contributed by atoms with Gasteiger partial charge in [0.2, 0.25) is 0 Å². The van der Waals surface area contributed by atoms with Crippen LogP contribution >= 0.6 is 0 Å². The van der Waals surface area contributed by atoms with Crippen molar-refractivity contribution in [2.45, 2.75) is 0 Å². The predicted octanol–water partition coefficient (Wildman–Crippen LogP) is 5.30. The molecule has 0 amide bonds. The molecular formula is C18H12F2. The smallest absolute Gasteiger partial charge is 0.123 e. The van der Waals surface area contributed by atoms with Crippen LogP contribution < -0.4 is 0 Å². The van der Waals surface area contributed by atoms with Crippen molar-refractivity contribution in [3.05, 3.63) is 84.4 Å². The fraction of sp³-hybridized carbons (Fsp3) is 0. The van der Waals surface area contributed by atoms with Crippen LogP contribution in [0, 0.1) is 11.6 Å². The fourth-order valence-corrected chi connectivity index (χ4v) is 2.17. The van der Waals surface area contributed by atoms with Gasteiger partial charge in [-0.1, -0.05) is 48.5 Å². The summed E-state index contributed by atoms with van der Waals surface area (Å²) in [5.41, 5.74) is 3.76. The molecule has 0 N–H and O–H groups in total. The molecule has 0 aliphatic rings. The van der Waals surface area contributed by atoms with Crippen LogP contribution in [0.4, 0.5) is 8.78 Å². The third-order valence-corrected chi connectivity index (χ3v) is 3.22. The fourth-order valence-electron chi connectivity index (χ4n) is 2.17. The first-order chi connectivity index (χ1) is 9.72. The predicted molar refractivity (Wildman–Crippen MR) is 77.2 cm³/mol. The van der Waals surface area contributed by atoms with Crippen molar-refractivity contribution in [3.63, 3.8) is 0 Å². The summed E-state index contributed by atoms with van der Waals surface area (Å²) >= 11 is 0. The van der Waals surface area contributed by atoms with Gasteiger partial charge in [0.25, 0.3) is 0 Å². The molecule has 0 fully saturated rings. The summed E-state index contributed by atoms with van der Waals surface area (Å²) in [5, 5.41) is 0. The largest absolute Gasteiger partial charge is 0.207 e. The average Bonchev–Trinajstić information content (AvgIpc) is 2.48. The van der Waals surface area contributed by atoms with E-state index in [1.54, 1.807) is 18.2 Å². The van der Waals surface area contributed by atoms with Crippen molar-refractivity contribution in [1.29, 1.82) is 0 Å². The minimum absolute atomic E-state index is 0.245. The van der Waals surface area contributed by atoms with E-state index < -0.39 is 0 Å². The normalized spacial score (nSPS) is 10.5. The van der Waals surface area contributed by atoms with Gasteiger partial charge in [0.15, 0.2) is 0 Å². The van der Waals surface area contributed by atoms with Gasteiger partial charge in [-0.05, 0) is 46.5 Å². The Kier molecular flexibility index (Phi) is 3.30. The summed E-state index contributed by atoms with van der Waals surface area (Å²) in [6, 6.07) is 20.6. The van der Waals surface area contributed by atoms with Crippen molar-refractivity contribution < 1.29 is 8.78 Å². The Morgan fingerprint density at radius 3 is 1.50 bits per heavy atom. The van der Waals surface area contributed by atoms with E-state index in [0.717, 1.165) is 22.3 Å². The van der Waals surface area contributed by atoms with Crippen molar-refractivity contribution in [2.75, 3.05) is 0 Å². The van der Waals surface area contributed by atoms with Crippen molar-refractivity contribution in [2.24, 2.45) is 0 Å². The highest BCUT2D eigenvalue weighted by atomic mass is 19.1. The minimum atomic E-state index is -0.245. The lowest BCUT2D eigenvalue weighted by molar-refractivity contribution is 0.628. The molecule has 3 aromatic carbocycles. The monoisotopic (exact) mass is 266 g/mol. The SMILES string of the molecule is Fc1ccc(-c2ccc(-c3cccc(F)c3)cc2)cc1. The zero-order valence-electron chi connectivity index (χ0n) is 10.7. The van der Waals surface area contributed by atoms with Crippen LogP contribution in [0.5, 0.6) is 0 Å². The lowest BCUT2D eigenvalue weighted by Crippen LogP contribution is -1.82. The van der Waals surface area contributed by atoms with E-state index in [2.05, 4.69) is 0 Å². The summed E-state index contributed by atoms with van der Waals surface area (Å²) in [6.45, 7) is 0. The number of hydrogen-bond acceptors (Lipinski definition) is 0. The molecule has 0 spiro atoms. The standard InChI is InChI=1S/C18H12F2/c19-17-10-8-14(9-11-17)13-4-6-15(7-5-13)16-2-1-3-18(20)12-16/h1-12H. The first-order valence-corrected chi connectivity index (χ1v) is 6.34. The molecule has 3 rings (SSSR count). The molecule has 0 atom stereocenters. The summed E-state index contributed by atoms with van der Waals surface area (Å²) in [4.78, 5) is 0. The number of hydrogen-bond donors (Lipinski definition) is 0. The number of rotatable bonds is 2. The Balaban J connectivity index is 1.93. The lowest BCUT2D eigenvalue weighted by atomic mass is 10.0. The second-order valence-corrected chi connectivity index (χ2v) is 4.59. The van der Waals surface area contributed by atoms with Crippen LogP contribution in [0.3, 0.4) is 0 Å². The molecule has 0 heterocycles. The van der Waals surface area contributed by atoms with Crippen molar-refractivity contribution >= 4 is 0 Å². The molecule has 0 aromatic heterocycles. The van der Waals surface area contributed by atoms with E-state index in [4.69, 9.17) is 0 Å². The topological polar surface area (TPSA) is 0 Å². The van der Waals surface area contributed by atoms with Gasteiger partial charge in [-0.2, -0.15) is 0 Å². The first-order valence-electron chi connectivity index (χ1n) is 6.34. The van der Waals surface area contributed by atoms with E-state index in [1.807, 2.05) is 30.3 Å². The van der Waals surface area contributed by atoms with Crippen LogP contribution in [0.25, 0.3) is 22.3 Å². The van der Waals surface area contributed by atoms with Crippen LogP contribution in [0.1, 0.15) is 0 Å². The van der Waals surface area contributed by atoms with Crippen LogP contribution in [-0.4, -0.2) is 0 Å². The molecule has 0 saturated heterocycles. The summed E-state index contributed by atoms with van der Waals surface area (Å²) < 4.78 is 26.1. The molecule has 0 unspecified atom stereocenters. The minimum Gasteiger partial charge on any atom is -0.207 e. The van der Waals surface area contributed by atoms with Gasteiger partial charge in [0.05, 0.1) is 0 Å². The van der Waals surface area contributed by atoms with Crippen LogP contribution in [-0.2, 0) is 0 Å². The van der Waals surface area contributed by atoms with Gasteiger partial charge >= 0.3 is 0 Å². The molecular weight excluding hydrogens is 254 g/mol. The molecule has 0 saturated carbocycles. The van der Waals surface area contributed by atoms with Gasteiger partial charge in [-0.3, -0.25) is 0 Å². The quantitative estimate of drug-likeness (QED) is 0.590. The Bertz CT molecular complexity index is 713. The highest BCUT2D eigenvalue weighted by Gasteiger charge is 2.01. The maximum Gasteiger partial charge on any atom is 0.123 e. The molecule has 98 valence electrons. The van der Waals surface area contributed by atoms with Crippen molar-refractivity contribution in [1.82, 2.24) is 0 Å². The molecule has 3 aromatic rings. The molecule has 0 nitrogen and oxygen atoms in total. The van der Waals surface area contributed by atoms with Crippen molar-refractivity contribution in [3.8, 4) is 22.3 Å². The van der Waals surface area contributed by atoms with Gasteiger partial charge in [-0.25, -0.2) is 8.78 Å². The zero-order valence-corrected chi connectivity index (χ0v) is 10.7. The van der Waals surface area contributed by atoms with Gasteiger partial charge in [0, 0.05) is 0 Å². The Morgan fingerprint density at radius 1 is 0.450 bits per heavy atom. The molecule has 0 radical (unpaired) electrons. The Morgan fingerprint density at radius 2 is 0.950 bits per heavy atom. The summed E-state index contributed by atoms with van der Waals surface area (Å²) in [6.07, 6.45) is 0. The third kappa shape index (κ3) is 2.59. The molecule has 0 bridgehead atoms. The highest BCUT2D eigenvalue weighted by molar-refractivity contribution is 5.70. The van der Waals surface area contributed by atoms with E-state index in [-0.39, 0.29) is 11.6 Å². The lowest BCUT2D eigenvalue weighted by Gasteiger charge is -2.05. The second kappa shape index (κ2) is 5.25. The Hall–Kier alpha value is -2.48. The van der Waals surface area contributed by atoms with Gasteiger partial charge in [0.1, 0.15) is 11.6 Å². The first kappa shape index (κ1) is 12.5. The zero-order chi connectivity index (χ0) is 13.9. The Labute approximate surface area is 116 Å². The van der Waals surface area contributed by atoms with Gasteiger partial charge < -0.3 is 0 Å². The maximum atomic E-state index is 13.2. The average molecular weight is 266 g/mol. The summed E-state index contributed by atoms with van der Waals surface area (Å²) in [5.74, 6) is -0.491. The van der Waals surface area contributed by atoms with E-state index in [9.17, 15) is 8.78 Å². The van der Waals surface area contributed by atoms with Crippen LogP contribution in [0.2, 0.25) is 0 Å². The molecule has 0 aliphatic carbocycles. The van der Waals surface area contributed by atoms with Crippen LogP contribution in [0.15, 0.2) is 72.8 Å². The van der Waals surface area contributed by atoms with E-state index in [1.165, 1.54) is 24.3 Å². The molecule has 2 heteroatoms. The molecule has 0 aliphatic heterocycles. The highest BCUT2D eigenvalue weighted by Crippen LogP contribution is 2.25. The second-order valence-electron chi connectivity index (χ2n) is 4.59. The number of halogens is 2. The third-order valence-electron chi connectivity index (χ3n) is 3.22. The van der Waals surface area contributed by atoms with Gasteiger partial charge in [-0.15, -0.1) is 0 Å². The maximum absolute atomic E-state index is 13.2. The number of benzene rings is 3.